The molecule has 2 atom stereocenters. The summed E-state index contributed by atoms with van der Waals surface area (Å²) in [7, 11) is 0. The number of rotatable bonds is 9. The number of thioether (sulfide) groups is 1. The lowest BCUT2D eigenvalue weighted by Gasteiger charge is -2.36. The largest absolute Gasteiger partial charge is 0.316 e. The minimum atomic E-state index is 0.481. The summed E-state index contributed by atoms with van der Waals surface area (Å²) in [6, 6.07) is 9.04. The van der Waals surface area contributed by atoms with Gasteiger partial charge < -0.3 is 5.32 Å². The van der Waals surface area contributed by atoms with Gasteiger partial charge in [0.15, 0.2) is 0 Å². The molecule has 1 N–H and O–H groups in total. The maximum absolute atomic E-state index is 3.64. The van der Waals surface area contributed by atoms with Gasteiger partial charge >= 0.3 is 0 Å². The van der Waals surface area contributed by atoms with Crippen molar-refractivity contribution < 1.29 is 0 Å². The third kappa shape index (κ3) is 4.26. The second-order valence-corrected chi connectivity index (χ2v) is 7.55. The van der Waals surface area contributed by atoms with E-state index in [1.54, 1.807) is 5.56 Å². The number of unbranched alkanes of at least 4 members (excludes halogenated alkanes) is 1. The molecular formula is C19H31NS. The molecule has 0 aliphatic carbocycles. The molecule has 1 aliphatic heterocycles. The monoisotopic (exact) mass is 305 g/mol. The molecule has 1 aromatic rings. The third-order valence-corrected chi connectivity index (χ3v) is 6.29. The molecule has 2 heteroatoms. The number of benzene rings is 1. The van der Waals surface area contributed by atoms with E-state index < -0.39 is 0 Å². The Hall–Kier alpha value is -0.470. The van der Waals surface area contributed by atoms with Crippen molar-refractivity contribution in [3.63, 3.8) is 0 Å². The summed E-state index contributed by atoms with van der Waals surface area (Å²) in [5, 5.41) is 3.64. The molecule has 0 bridgehead atoms. The molecule has 0 amide bonds. The maximum atomic E-state index is 3.64. The number of fused-ring (bicyclic) bond motifs is 1. The Labute approximate surface area is 135 Å². The summed E-state index contributed by atoms with van der Waals surface area (Å²) in [4.78, 5) is 1.52. The first-order valence-electron chi connectivity index (χ1n) is 8.67. The van der Waals surface area contributed by atoms with Crippen LogP contribution in [-0.4, -0.2) is 18.8 Å². The van der Waals surface area contributed by atoms with Gasteiger partial charge in [-0.3, -0.25) is 0 Å². The Kier molecular flexibility index (Phi) is 6.63. The summed E-state index contributed by atoms with van der Waals surface area (Å²) in [6.45, 7) is 9.20. The Bertz CT molecular complexity index is 421. The molecule has 0 saturated carbocycles. The van der Waals surface area contributed by atoms with Crippen molar-refractivity contribution in [2.24, 2.45) is 5.41 Å². The van der Waals surface area contributed by atoms with Crippen LogP contribution in [0, 0.1) is 5.41 Å². The zero-order valence-corrected chi connectivity index (χ0v) is 14.8. The molecular weight excluding hydrogens is 274 g/mol. The average molecular weight is 306 g/mol. The highest BCUT2D eigenvalue weighted by Gasteiger charge is 2.34. The van der Waals surface area contributed by atoms with Gasteiger partial charge in [-0.25, -0.2) is 0 Å². The van der Waals surface area contributed by atoms with Crippen LogP contribution in [0.4, 0.5) is 0 Å². The molecule has 2 unspecified atom stereocenters. The van der Waals surface area contributed by atoms with Crippen molar-refractivity contribution in [2.75, 3.05) is 18.8 Å². The van der Waals surface area contributed by atoms with Gasteiger partial charge in [-0.2, -0.15) is 0 Å². The van der Waals surface area contributed by atoms with Gasteiger partial charge in [-0.1, -0.05) is 51.8 Å². The van der Waals surface area contributed by atoms with Crippen molar-refractivity contribution in [2.45, 2.75) is 63.7 Å². The van der Waals surface area contributed by atoms with Crippen molar-refractivity contribution >= 4 is 11.8 Å². The highest BCUT2D eigenvalue weighted by atomic mass is 32.2. The molecule has 1 aromatic carbocycles. The fraction of sp³-hybridized carbons (Fsp3) is 0.684. The first-order chi connectivity index (χ1) is 10.2. The SMILES string of the molecule is CCCCC(CC)(CNCC)CC1CSc2ccccc21. The molecule has 21 heavy (non-hydrogen) atoms. The number of hydrogen-bond donors (Lipinski definition) is 1. The van der Waals surface area contributed by atoms with Crippen LogP contribution in [0.5, 0.6) is 0 Å². The van der Waals surface area contributed by atoms with Crippen LogP contribution in [0.3, 0.4) is 0 Å². The van der Waals surface area contributed by atoms with Crippen LogP contribution < -0.4 is 5.32 Å². The van der Waals surface area contributed by atoms with Crippen molar-refractivity contribution in [3.05, 3.63) is 29.8 Å². The van der Waals surface area contributed by atoms with Crippen LogP contribution in [0.1, 0.15) is 64.4 Å². The molecule has 118 valence electrons. The summed E-state index contributed by atoms with van der Waals surface area (Å²) in [5.41, 5.74) is 2.09. The van der Waals surface area contributed by atoms with Gasteiger partial charge in [-0.15, -0.1) is 11.8 Å². The van der Waals surface area contributed by atoms with E-state index in [0.29, 0.717) is 5.41 Å². The lowest BCUT2D eigenvalue weighted by Crippen LogP contribution is -2.35. The van der Waals surface area contributed by atoms with Gasteiger partial charge in [0, 0.05) is 17.2 Å². The Morgan fingerprint density at radius 2 is 2.05 bits per heavy atom. The third-order valence-electron chi connectivity index (χ3n) is 5.04. The Morgan fingerprint density at radius 3 is 2.76 bits per heavy atom. The van der Waals surface area contributed by atoms with E-state index in [4.69, 9.17) is 0 Å². The minimum absolute atomic E-state index is 0.481. The number of nitrogens with one attached hydrogen (secondary N) is 1. The molecule has 1 nitrogen and oxygen atoms in total. The maximum Gasteiger partial charge on any atom is 0.0107 e. The fourth-order valence-corrected chi connectivity index (χ4v) is 4.83. The fourth-order valence-electron chi connectivity index (χ4n) is 3.57. The van der Waals surface area contributed by atoms with E-state index in [-0.39, 0.29) is 0 Å². The van der Waals surface area contributed by atoms with Gasteiger partial charge in [0.25, 0.3) is 0 Å². The van der Waals surface area contributed by atoms with Crippen molar-refractivity contribution in [1.82, 2.24) is 5.32 Å². The highest BCUT2D eigenvalue weighted by molar-refractivity contribution is 7.99. The zero-order chi connectivity index (χ0) is 15.1. The van der Waals surface area contributed by atoms with Crippen molar-refractivity contribution in [1.29, 1.82) is 0 Å². The summed E-state index contributed by atoms with van der Waals surface area (Å²) in [6.07, 6.45) is 6.69. The first kappa shape index (κ1) is 16.9. The lowest BCUT2D eigenvalue weighted by atomic mass is 9.72. The second-order valence-electron chi connectivity index (χ2n) is 6.49. The normalized spacial score (nSPS) is 20.2. The lowest BCUT2D eigenvalue weighted by molar-refractivity contribution is 0.201. The topological polar surface area (TPSA) is 12.0 Å². The standard InChI is InChI=1S/C19H31NS/c1-4-7-12-19(5-2,15-20-6-3)13-16-14-21-18-11-9-8-10-17(16)18/h8-11,16,20H,4-7,12-15H2,1-3H3. The van der Waals surface area contributed by atoms with E-state index in [1.165, 1.54) is 49.3 Å². The Balaban J connectivity index is 2.11. The minimum Gasteiger partial charge on any atom is -0.316 e. The van der Waals surface area contributed by atoms with Crippen LogP contribution in [-0.2, 0) is 0 Å². The van der Waals surface area contributed by atoms with Crippen molar-refractivity contribution in [3.8, 4) is 0 Å². The average Bonchev–Trinajstić information content (AvgIpc) is 2.93. The summed E-state index contributed by atoms with van der Waals surface area (Å²) < 4.78 is 0. The van der Waals surface area contributed by atoms with Gasteiger partial charge in [0.05, 0.1) is 0 Å². The quantitative estimate of drug-likeness (QED) is 0.650. The molecule has 0 spiro atoms. The molecule has 0 fully saturated rings. The molecule has 0 saturated heterocycles. The zero-order valence-electron chi connectivity index (χ0n) is 14.0. The van der Waals surface area contributed by atoms with E-state index in [0.717, 1.165) is 12.5 Å². The van der Waals surface area contributed by atoms with E-state index in [9.17, 15) is 0 Å². The van der Waals surface area contributed by atoms with Crippen LogP contribution in [0.2, 0.25) is 0 Å². The van der Waals surface area contributed by atoms with Gasteiger partial charge in [0.2, 0.25) is 0 Å². The molecule has 1 aliphatic rings. The number of hydrogen-bond acceptors (Lipinski definition) is 2. The van der Waals surface area contributed by atoms with E-state index in [2.05, 4.69) is 62.1 Å². The van der Waals surface area contributed by atoms with Crippen LogP contribution in [0.15, 0.2) is 29.2 Å². The predicted octanol–water partition coefficient (Wildman–Crippen LogP) is 5.46. The molecule has 0 aromatic heterocycles. The molecule has 0 radical (unpaired) electrons. The van der Waals surface area contributed by atoms with E-state index in [1.807, 2.05) is 0 Å². The van der Waals surface area contributed by atoms with Gasteiger partial charge in [-0.05, 0) is 48.8 Å². The van der Waals surface area contributed by atoms with E-state index >= 15 is 0 Å². The Morgan fingerprint density at radius 1 is 1.24 bits per heavy atom. The highest BCUT2D eigenvalue weighted by Crippen LogP contribution is 2.47. The van der Waals surface area contributed by atoms with Crippen LogP contribution in [0.25, 0.3) is 0 Å². The van der Waals surface area contributed by atoms with Gasteiger partial charge in [0.1, 0.15) is 0 Å². The predicted molar refractivity (Wildman–Crippen MR) is 95.3 cm³/mol. The van der Waals surface area contributed by atoms with Crippen LogP contribution >= 0.6 is 11.8 Å². The first-order valence-corrected chi connectivity index (χ1v) is 9.65. The molecule has 1 heterocycles. The summed E-state index contributed by atoms with van der Waals surface area (Å²) >= 11 is 2.05. The smallest absolute Gasteiger partial charge is 0.0107 e. The second kappa shape index (κ2) is 8.24. The summed E-state index contributed by atoms with van der Waals surface area (Å²) in [5.74, 6) is 2.03. The molecule has 2 rings (SSSR count).